The molecule has 0 aromatic heterocycles. The maximum atomic E-state index is 11.7. The number of rotatable bonds is 7. The quantitative estimate of drug-likeness (QED) is 0.621. The van der Waals surface area contributed by atoms with Gasteiger partial charge < -0.3 is 10.1 Å². The van der Waals surface area contributed by atoms with Crippen molar-refractivity contribution in [1.29, 1.82) is 0 Å². The summed E-state index contributed by atoms with van der Waals surface area (Å²) in [7, 11) is -1.48. The summed E-state index contributed by atoms with van der Waals surface area (Å²) < 4.78 is 30.9. The van der Waals surface area contributed by atoms with Gasteiger partial charge in [0.2, 0.25) is 10.0 Å². The molecule has 1 aliphatic rings. The number of hydrogen-bond acceptors (Lipinski definition) is 4. The minimum atomic E-state index is -3.10. The van der Waals surface area contributed by atoms with Gasteiger partial charge in [0.1, 0.15) is 0 Å². The average molecular weight is 250 g/mol. The molecule has 6 heteroatoms. The molecule has 0 radical (unpaired) electrons. The molecule has 2 N–H and O–H groups in total. The lowest BCUT2D eigenvalue weighted by atomic mass is 10.0. The van der Waals surface area contributed by atoms with E-state index < -0.39 is 10.0 Å². The van der Waals surface area contributed by atoms with Crippen LogP contribution < -0.4 is 10.0 Å². The largest absolute Gasteiger partial charge is 0.385 e. The van der Waals surface area contributed by atoms with Crippen molar-refractivity contribution < 1.29 is 13.2 Å². The molecule has 96 valence electrons. The lowest BCUT2D eigenvalue weighted by Gasteiger charge is -2.22. The molecule has 0 amide bonds. The molecule has 1 saturated heterocycles. The molecular weight excluding hydrogens is 228 g/mol. The predicted octanol–water partition coefficient (Wildman–Crippen LogP) is -0.0581. The first kappa shape index (κ1) is 13.9. The summed E-state index contributed by atoms with van der Waals surface area (Å²) >= 11 is 0. The first-order chi connectivity index (χ1) is 7.64. The maximum absolute atomic E-state index is 11.7. The predicted molar refractivity (Wildman–Crippen MR) is 63.9 cm³/mol. The van der Waals surface area contributed by atoms with Crippen molar-refractivity contribution in [1.82, 2.24) is 10.0 Å². The van der Waals surface area contributed by atoms with Gasteiger partial charge in [0, 0.05) is 20.3 Å². The molecule has 0 aliphatic carbocycles. The first-order valence-electron chi connectivity index (χ1n) is 5.81. The van der Waals surface area contributed by atoms with E-state index in [0.717, 1.165) is 32.4 Å². The van der Waals surface area contributed by atoms with Crippen LogP contribution in [0, 0.1) is 5.92 Å². The Bertz CT molecular complexity index is 274. The van der Waals surface area contributed by atoms with Crippen LogP contribution in [0.5, 0.6) is 0 Å². The van der Waals surface area contributed by atoms with Crippen LogP contribution in [0.1, 0.15) is 19.3 Å². The maximum Gasteiger partial charge on any atom is 0.211 e. The van der Waals surface area contributed by atoms with E-state index in [4.69, 9.17) is 4.74 Å². The van der Waals surface area contributed by atoms with E-state index in [0.29, 0.717) is 19.1 Å². The topological polar surface area (TPSA) is 67.4 Å². The fraction of sp³-hybridized carbons (Fsp3) is 1.00. The number of methoxy groups -OCH3 is 1. The molecule has 0 aromatic rings. The minimum absolute atomic E-state index is 0.266. The van der Waals surface area contributed by atoms with Crippen LogP contribution in [0.4, 0.5) is 0 Å². The molecule has 0 unspecified atom stereocenters. The summed E-state index contributed by atoms with van der Waals surface area (Å²) in [5, 5.41) is 3.23. The Kier molecular flexibility index (Phi) is 6.26. The van der Waals surface area contributed by atoms with Crippen LogP contribution >= 0.6 is 0 Å². The second-order valence-corrected chi connectivity index (χ2v) is 6.07. The van der Waals surface area contributed by atoms with Gasteiger partial charge in [-0.25, -0.2) is 13.1 Å². The smallest absolute Gasteiger partial charge is 0.211 e. The van der Waals surface area contributed by atoms with E-state index in [1.807, 2.05) is 0 Å². The molecule has 0 spiro atoms. The Morgan fingerprint density at radius 1 is 1.38 bits per heavy atom. The van der Waals surface area contributed by atoms with E-state index in [-0.39, 0.29) is 5.75 Å². The van der Waals surface area contributed by atoms with Gasteiger partial charge in [0.05, 0.1) is 5.75 Å². The van der Waals surface area contributed by atoms with Gasteiger partial charge in [0.15, 0.2) is 0 Å². The van der Waals surface area contributed by atoms with Crippen molar-refractivity contribution in [3.05, 3.63) is 0 Å². The SMILES string of the molecule is COCCCNS(=O)(=O)CC1CCNCC1. The summed E-state index contributed by atoms with van der Waals surface area (Å²) in [5.41, 5.74) is 0. The molecule has 0 bridgehead atoms. The van der Waals surface area contributed by atoms with Crippen LogP contribution in [-0.4, -0.2) is 47.5 Å². The lowest BCUT2D eigenvalue weighted by molar-refractivity contribution is 0.196. The van der Waals surface area contributed by atoms with E-state index in [1.54, 1.807) is 7.11 Å². The van der Waals surface area contributed by atoms with E-state index in [2.05, 4.69) is 10.0 Å². The molecule has 0 aromatic carbocycles. The van der Waals surface area contributed by atoms with Crippen LogP contribution in [0.25, 0.3) is 0 Å². The van der Waals surface area contributed by atoms with Gasteiger partial charge >= 0.3 is 0 Å². The molecule has 5 nitrogen and oxygen atoms in total. The summed E-state index contributed by atoms with van der Waals surface area (Å²) in [6, 6.07) is 0. The fourth-order valence-corrected chi connectivity index (χ4v) is 3.39. The normalized spacial score (nSPS) is 18.8. The number of piperidine rings is 1. The molecule has 16 heavy (non-hydrogen) atoms. The van der Waals surface area contributed by atoms with Gasteiger partial charge in [-0.2, -0.15) is 0 Å². The minimum Gasteiger partial charge on any atom is -0.385 e. The highest BCUT2D eigenvalue weighted by atomic mass is 32.2. The Morgan fingerprint density at radius 3 is 2.69 bits per heavy atom. The Hall–Kier alpha value is -0.170. The lowest BCUT2D eigenvalue weighted by Crippen LogP contribution is -2.36. The second kappa shape index (κ2) is 7.21. The van der Waals surface area contributed by atoms with Crippen molar-refractivity contribution in [2.75, 3.05) is 39.1 Å². The van der Waals surface area contributed by atoms with Crippen molar-refractivity contribution >= 4 is 10.0 Å². The number of sulfonamides is 1. The molecular formula is C10H22N2O3S. The summed E-state index contributed by atoms with van der Waals surface area (Å²) in [5.74, 6) is 0.572. The third-order valence-electron chi connectivity index (χ3n) is 2.76. The van der Waals surface area contributed by atoms with Crippen molar-refractivity contribution in [3.8, 4) is 0 Å². The van der Waals surface area contributed by atoms with Crippen molar-refractivity contribution in [2.45, 2.75) is 19.3 Å². The highest BCUT2D eigenvalue weighted by Crippen LogP contribution is 2.13. The Labute approximate surface area is 98.0 Å². The van der Waals surface area contributed by atoms with Crippen LogP contribution in [0.3, 0.4) is 0 Å². The van der Waals surface area contributed by atoms with Gasteiger partial charge in [-0.3, -0.25) is 0 Å². The second-order valence-electron chi connectivity index (χ2n) is 4.22. The summed E-state index contributed by atoms with van der Waals surface area (Å²) in [6.45, 7) is 2.94. The van der Waals surface area contributed by atoms with Crippen molar-refractivity contribution in [3.63, 3.8) is 0 Å². The first-order valence-corrected chi connectivity index (χ1v) is 7.46. The fourth-order valence-electron chi connectivity index (χ4n) is 1.86. The van der Waals surface area contributed by atoms with Gasteiger partial charge in [-0.15, -0.1) is 0 Å². The zero-order valence-electron chi connectivity index (χ0n) is 9.87. The van der Waals surface area contributed by atoms with E-state index in [9.17, 15) is 8.42 Å². The van der Waals surface area contributed by atoms with Crippen molar-refractivity contribution in [2.24, 2.45) is 5.92 Å². The highest BCUT2D eigenvalue weighted by Gasteiger charge is 2.20. The zero-order chi connectivity index (χ0) is 11.9. The van der Waals surface area contributed by atoms with Gasteiger partial charge in [0.25, 0.3) is 0 Å². The van der Waals surface area contributed by atoms with E-state index >= 15 is 0 Å². The summed E-state index contributed by atoms with van der Waals surface area (Å²) in [6.07, 6.45) is 2.64. The number of ether oxygens (including phenoxy) is 1. The van der Waals surface area contributed by atoms with Gasteiger partial charge in [-0.1, -0.05) is 0 Å². The Balaban J connectivity index is 2.22. The third-order valence-corrected chi connectivity index (χ3v) is 4.32. The molecule has 1 heterocycles. The van der Waals surface area contributed by atoms with Crippen LogP contribution in [0.2, 0.25) is 0 Å². The van der Waals surface area contributed by atoms with E-state index in [1.165, 1.54) is 0 Å². The molecule has 0 saturated carbocycles. The summed E-state index contributed by atoms with van der Waals surface area (Å²) in [4.78, 5) is 0. The van der Waals surface area contributed by atoms with Crippen LogP contribution in [0.15, 0.2) is 0 Å². The average Bonchev–Trinajstić information content (AvgIpc) is 2.25. The molecule has 0 atom stereocenters. The number of hydrogen-bond donors (Lipinski definition) is 2. The molecule has 1 rings (SSSR count). The van der Waals surface area contributed by atoms with Crippen LogP contribution in [-0.2, 0) is 14.8 Å². The molecule has 1 fully saturated rings. The Morgan fingerprint density at radius 2 is 2.06 bits per heavy atom. The standard InChI is InChI=1S/C10H22N2O3S/c1-15-8-2-5-12-16(13,14)9-10-3-6-11-7-4-10/h10-12H,2-9H2,1H3. The van der Waals surface area contributed by atoms with Gasteiger partial charge in [-0.05, 0) is 38.3 Å². The highest BCUT2D eigenvalue weighted by molar-refractivity contribution is 7.89. The number of nitrogens with one attached hydrogen (secondary N) is 2. The third kappa shape index (κ3) is 5.79. The monoisotopic (exact) mass is 250 g/mol. The zero-order valence-corrected chi connectivity index (χ0v) is 10.7. The molecule has 1 aliphatic heterocycles.